The third-order valence-electron chi connectivity index (χ3n) is 3.57. The zero-order valence-electron chi connectivity index (χ0n) is 13.1. The zero-order chi connectivity index (χ0) is 15.5. The van der Waals surface area contributed by atoms with Gasteiger partial charge in [0.1, 0.15) is 6.04 Å². The van der Waals surface area contributed by atoms with Crippen LogP contribution >= 0.6 is 0 Å². The van der Waals surface area contributed by atoms with Gasteiger partial charge in [-0.05, 0) is 41.2 Å². The molecule has 0 saturated heterocycles. The third-order valence-corrected chi connectivity index (χ3v) is 3.57. The summed E-state index contributed by atoms with van der Waals surface area (Å²) < 4.78 is 0. The number of nitriles is 1. The van der Waals surface area contributed by atoms with Gasteiger partial charge in [-0.3, -0.25) is 0 Å². The molecule has 0 radical (unpaired) electrons. The monoisotopic (exact) mass is 278 g/mol. The molecule has 2 aromatic carbocycles. The molecule has 0 amide bonds. The van der Waals surface area contributed by atoms with E-state index in [-0.39, 0.29) is 11.5 Å². The number of nitrogens with zero attached hydrogens (tertiary/aromatic N) is 1. The topological polar surface area (TPSA) is 35.8 Å². The predicted molar refractivity (Wildman–Crippen MR) is 88.3 cm³/mol. The molecule has 0 aliphatic rings. The quantitative estimate of drug-likeness (QED) is 0.860. The van der Waals surface area contributed by atoms with Crippen molar-refractivity contribution in [2.45, 2.75) is 39.2 Å². The largest absolute Gasteiger partial charge is 0.366 e. The fraction of sp³-hybridized carbons (Fsp3) is 0.316. The van der Waals surface area contributed by atoms with E-state index < -0.39 is 0 Å². The Balaban J connectivity index is 2.20. The molecule has 0 fully saturated rings. The van der Waals surface area contributed by atoms with Crippen LogP contribution in [-0.4, -0.2) is 0 Å². The van der Waals surface area contributed by atoms with Gasteiger partial charge in [-0.15, -0.1) is 0 Å². The van der Waals surface area contributed by atoms with Crippen LogP contribution in [0.3, 0.4) is 0 Å². The van der Waals surface area contributed by atoms with Gasteiger partial charge in [-0.25, -0.2) is 0 Å². The maximum Gasteiger partial charge on any atom is 0.140 e. The van der Waals surface area contributed by atoms with Crippen molar-refractivity contribution < 1.29 is 0 Å². The van der Waals surface area contributed by atoms with Crippen LogP contribution in [0.2, 0.25) is 0 Å². The van der Waals surface area contributed by atoms with Gasteiger partial charge in [-0.1, -0.05) is 57.2 Å². The summed E-state index contributed by atoms with van der Waals surface area (Å²) in [7, 11) is 0. The molecule has 0 aliphatic heterocycles. The molecule has 0 spiro atoms. The molecule has 108 valence electrons. The Labute approximate surface area is 127 Å². The lowest BCUT2D eigenvalue weighted by Gasteiger charge is -2.20. The van der Waals surface area contributed by atoms with Crippen molar-refractivity contribution in [2.75, 3.05) is 5.32 Å². The second-order valence-corrected chi connectivity index (χ2v) is 6.45. The van der Waals surface area contributed by atoms with Crippen LogP contribution in [0, 0.1) is 18.3 Å². The molecule has 0 saturated carbocycles. The Morgan fingerprint density at radius 2 is 1.71 bits per heavy atom. The molecule has 0 bridgehead atoms. The molecule has 1 unspecified atom stereocenters. The molecule has 1 atom stereocenters. The van der Waals surface area contributed by atoms with Gasteiger partial charge >= 0.3 is 0 Å². The first-order chi connectivity index (χ1) is 9.90. The molecule has 0 heterocycles. The van der Waals surface area contributed by atoms with E-state index in [0.29, 0.717) is 0 Å². The Hall–Kier alpha value is -2.27. The normalized spacial score (nSPS) is 12.5. The van der Waals surface area contributed by atoms with Crippen molar-refractivity contribution in [3.8, 4) is 6.07 Å². The summed E-state index contributed by atoms with van der Waals surface area (Å²) in [6.07, 6.45) is 0. The number of aryl methyl sites for hydroxylation is 1. The van der Waals surface area contributed by atoms with Crippen molar-refractivity contribution in [1.29, 1.82) is 5.26 Å². The second-order valence-electron chi connectivity index (χ2n) is 6.45. The molecule has 0 aromatic heterocycles. The summed E-state index contributed by atoms with van der Waals surface area (Å²) in [5, 5.41) is 12.7. The van der Waals surface area contributed by atoms with E-state index in [2.05, 4.69) is 44.3 Å². The minimum atomic E-state index is -0.333. The van der Waals surface area contributed by atoms with E-state index in [1.165, 1.54) is 11.1 Å². The molecule has 21 heavy (non-hydrogen) atoms. The summed E-state index contributed by atoms with van der Waals surface area (Å²) in [5.41, 5.74) is 4.55. The standard InChI is InChI=1S/C19H22N2/c1-14-6-5-7-17(12-14)21-18(13-20)15-8-10-16(11-9-15)19(2,3)4/h5-12,18,21H,1-4H3. The molecule has 1 N–H and O–H groups in total. The van der Waals surface area contributed by atoms with E-state index in [1.807, 2.05) is 43.3 Å². The lowest BCUT2D eigenvalue weighted by atomic mass is 9.86. The van der Waals surface area contributed by atoms with E-state index in [0.717, 1.165) is 11.3 Å². The van der Waals surface area contributed by atoms with Crippen molar-refractivity contribution >= 4 is 5.69 Å². The van der Waals surface area contributed by atoms with Crippen molar-refractivity contribution in [3.05, 3.63) is 65.2 Å². The van der Waals surface area contributed by atoms with Crippen LogP contribution in [0.15, 0.2) is 48.5 Å². The Kier molecular flexibility index (Phi) is 4.33. The highest BCUT2D eigenvalue weighted by atomic mass is 14.9. The smallest absolute Gasteiger partial charge is 0.140 e. The van der Waals surface area contributed by atoms with Crippen molar-refractivity contribution in [1.82, 2.24) is 0 Å². The molecule has 0 aliphatic carbocycles. The van der Waals surface area contributed by atoms with Crippen LogP contribution in [0.4, 0.5) is 5.69 Å². The van der Waals surface area contributed by atoms with Crippen molar-refractivity contribution in [3.63, 3.8) is 0 Å². The van der Waals surface area contributed by atoms with Gasteiger partial charge in [0.15, 0.2) is 0 Å². The lowest BCUT2D eigenvalue weighted by molar-refractivity contribution is 0.590. The maximum atomic E-state index is 9.43. The molecular weight excluding hydrogens is 256 g/mol. The van der Waals surface area contributed by atoms with Gasteiger partial charge in [0.05, 0.1) is 6.07 Å². The number of hydrogen-bond donors (Lipinski definition) is 1. The van der Waals surface area contributed by atoms with Crippen LogP contribution in [0.5, 0.6) is 0 Å². The molecule has 2 nitrogen and oxygen atoms in total. The molecule has 2 heteroatoms. The van der Waals surface area contributed by atoms with E-state index in [1.54, 1.807) is 0 Å². The highest BCUT2D eigenvalue weighted by Gasteiger charge is 2.15. The first-order valence-electron chi connectivity index (χ1n) is 7.23. The number of nitrogens with one attached hydrogen (secondary N) is 1. The SMILES string of the molecule is Cc1cccc(NC(C#N)c2ccc(C(C)(C)C)cc2)c1. The summed E-state index contributed by atoms with van der Waals surface area (Å²) in [4.78, 5) is 0. The van der Waals surface area contributed by atoms with Gasteiger partial charge in [0.2, 0.25) is 0 Å². The Bertz CT molecular complexity index is 643. The summed E-state index contributed by atoms with van der Waals surface area (Å²) in [5.74, 6) is 0. The zero-order valence-corrected chi connectivity index (χ0v) is 13.1. The fourth-order valence-electron chi connectivity index (χ4n) is 2.27. The van der Waals surface area contributed by atoms with Gasteiger partial charge in [0, 0.05) is 5.69 Å². The van der Waals surface area contributed by atoms with Crippen LogP contribution in [0.1, 0.15) is 43.5 Å². The summed E-state index contributed by atoms with van der Waals surface area (Å²) in [6, 6.07) is 18.4. The number of anilines is 1. The van der Waals surface area contributed by atoms with Crippen LogP contribution < -0.4 is 5.32 Å². The van der Waals surface area contributed by atoms with Crippen LogP contribution in [0.25, 0.3) is 0 Å². The third kappa shape index (κ3) is 3.86. The molecule has 2 aromatic rings. The Morgan fingerprint density at radius 1 is 1.05 bits per heavy atom. The fourth-order valence-corrected chi connectivity index (χ4v) is 2.27. The summed E-state index contributed by atoms with van der Waals surface area (Å²) in [6.45, 7) is 8.61. The Morgan fingerprint density at radius 3 is 2.24 bits per heavy atom. The average Bonchev–Trinajstić information content (AvgIpc) is 2.44. The van der Waals surface area contributed by atoms with E-state index >= 15 is 0 Å². The van der Waals surface area contributed by atoms with Gasteiger partial charge < -0.3 is 5.32 Å². The number of rotatable bonds is 3. The highest BCUT2D eigenvalue weighted by molar-refractivity contribution is 5.49. The minimum absolute atomic E-state index is 0.130. The van der Waals surface area contributed by atoms with Gasteiger partial charge in [-0.2, -0.15) is 5.26 Å². The maximum absolute atomic E-state index is 9.43. The number of hydrogen-bond acceptors (Lipinski definition) is 2. The van der Waals surface area contributed by atoms with Crippen LogP contribution in [-0.2, 0) is 5.41 Å². The lowest BCUT2D eigenvalue weighted by Crippen LogP contribution is -2.12. The minimum Gasteiger partial charge on any atom is -0.366 e. The average molecular weight is 278 g/mol. The predicted octanol–water partition coefficient (Wildman–Crippen LogP) is 4.97. The highest BCUT2D eigenvalue weighted by Crippen LogP contribution is 2.25. The van der Waals surface area contributed by atoms with E-state index in [4.69, 9.17) is 0 Å². The second kappa shape index (κ2) is 6.01. The first-order valence-corrected chi connectivity index (χ1v) is 7.23. The molecular formula is C19H22N2. The first kappa shape index (κ1) is 15.1. The summed E-state index contributed by atoms with van der Waals surface area (Å²) >= 11 is 0. The number of benzene rings is 2. The van der Waals surface area contributed by atoms with E-state index in [9.17, 15) is 5.26 Å². The van der Waals surface area contributed by atoms with Crippen molar-refractivity contribution in [2.24, 2.45) is 0 Å². The molecule has 2 rings (SSSR count). The van der Waals surface area contributed by atoms with Gasteiger partial charge in [0.25, 0.3) is 0 Å².